The third-order valence-electron chi connectivity index (χ3n) is 4.22. The fourth-order valence-electron chi connectivity index (χ4n) is 3.05. The van der Waals surface area contributed by atoms with Crippen LogP contribution in [-0.4, -0.2) is 44.0 Å². The Morgan fingerprint density at radius 3 is 1.20 bits per heavy atom. The van der Waals surface area contributed by atoms with Gasteiger partial charge in [0, 0.05) is 0 Å². The van der Waals surface area contributed by atoms with Gasteiger partial charge >= 0.3 is 167 Å². The third-order valence-corrected chi connectivity index (χ3v) is 16.9. The molecule has 0 spiro atoms. The van der Waals surface area contributed by atoms with Crippen LogP contribution in [0.2, 0.25) is 22.8 Å². The van der Waals surface area contributed by atoms with Crippen molar-refractivity contribution in [3.63, 3.8) is 0 Å². The zero-order valence-corrected chi connectivity index (χ0v) is 21.0. The molecule has 0 amide bonds. The van der Waals surface area contributed by atoms with Crippen molar-refractivity contribution in [1.82, 2.24) is 0 Å². The molecule has 0 nitrogen and oxygen atoms in total. The number of rotatable bonds is 5. The van der Waals surface area contributed by atoms with E-state index in [-0.39, 0.29) is 0 Å². The average molecular weight is 514 g/mol. The molecular weight excluding hydrogens is 489 g/mol. The van der Waals surface area contributed by atoms with Gasteiger partial charge in [-0.3, -0.25) is 0 Å². The molecule has 3 aromatic rings. The standard InChI is InChI=1S/C22H25As3/c1-23(2)19-14-8-10-16-21(19)25(18-12-6-5-7-13-18)22-17-11-9-15-20(22)24(3)4/h5-17H,1-4H3. The summed E-state index contributed by atoms with van der Waals surface area (Å²) in [5.74, 6) is 0. The molecule has 0 saturated carbocycles. The van der Waals surface area contributed by atoms with Gasteiger partial charge in [0.15, 0.2) is 0 Å². The molecule has 0 atom stereocenters. The number of hydrogen-bond acceptors (Lipinski definition) is 0. The topological polar surface area (TPSA) is 0 Å². The van der Waals surface area contributed by atoms with E-state index in [1.807, 2.05) is 0 Å². The fourth-order valence-corrected chi connectivity index (χ4v) is 18.4. The second-order valence-electron chi connectivity index (χ2n) is 6.44. The first kappa shape index (κ1) is 19.1. The first-order valence-corrected chi connectivity index (χ1v) is 20.7. The minimum absolute atomic E-state index is 0.934. The second-order valence-corrected chi connectivity index (χ2v) is 20.5. The van der Waals surface area contributed by atoms with Crippen molar-refractivity contribution in [3.8, 4) is 0 Å². The number of benzene rings is 3. The summed E-state index contributed by atoms with van der Waals surface area (Å²) in [6, 6.07) is 29.9. The van der Waals surface area contributed by atoms with Gasteiger partial charge < -0.3 is 0 Å². The van der Waals surface area contributed by atoms with Gasteiger partial charge in [0.05, 0.1) is 0 Å². The Balaban J connectivity index is 2.27. The Kier molecular flexibility index (Phi) is 6.74. The predicted octanol–water partition coefficient (Wildman–Crippen LogP) is 2.13. The predicted molar refractivity (Wildman–Crippen MR) is 118 cm³/mol. The van der Waals surface area contributed by atoms with E-state index < -0.39 is 44.0 Å². The molecule has 0 aliphatic carbocycles. The van der Waals surface area contributed by atoms with Crippen LogP contribution in [0.4, 0.5) is 0 Å². The third kappa shape index (κ3) is 4.36. The van der Waals surface area contributed by atoms with Crippen LogP contribution in [0.5, 0.6) is 0 Å². The molecule has 0 unspecified atom stereocenters. The van der Waals surface area contributed by atoms with Crippen LogP contribution in [-0.2, 0) is 0 Å². The molecule has 3 rings (SSSR count). The van der Waals surface area contributed by atoms with Crippen LogP contribution in [0, 0.1) is 0 Å². The molecule has 0 aliphatic heterocycles. The van der Waals surface area contributed by atoms with Crippen LogP contribution >= 0.6 is 0 Å². The van der Waals surface area contributed by atoms with Gasteiger partial charge in [-0.2, -0.15) is 0 Å². The maximum absolute atomic E-state index is 2.47. The summed E-state index contributed by atoms with van der Waals surface area (Å²) in [5.41, 5.74) is 9.86. The molecule has 0 saturated heterocycles. The first-order valence-electron chi connectivity index (χ1n) is 8.47. The molecule has 0 heterocycles. The van der Waals surface area contributed by atoms with Gasteiger partial charge in [0.2, 0.25) is 0 Å². The van der Waals surface area contributed by atoms with Crippen molar-refractivity contribution in [3.05, 3.63) is 78.9 Å². The Labute approximate surface area is 166 Å². The van der Waals surface area contributed by atoms with Crippen LogP contribution in [0.3, 0.4) is 0 Å². The van der Waals surface area contributed by atoms with Gasteiger partial charge in [-0.25, -0.2) is 0 Å². The van der Waals surface area contributed by atoms with E-state index in [9.17, 15) is 0 Å². The molecule has 0 aliphatic rings. The molecule has 0 fully saturated rings. The van der Waals surface area contributed by atoms with Gasteiger partial charge in [-0.05, 0) is 0 Å². The van der Waals surface area contributed by atoms with Gasteiger partial charge in [-0.15, -0.1) is 0 Å². The number of hydrogen-bond donors (Lipinski definition) is 0. The van der Waals surface area contributed by atoms with Gasteiger partial charge in [-0.1, -0.05) is 0 Å². The van der Waals surface area contributed by atoms with Gasteiger partial charge in [0.25, 0.3) is 0 Å². The van der Waals surface area contributed by atoms with Crippen molar-refractivity contribution in [2.75, 3.05) is 0 Å². The monoisotopic (exact) mass is 514 g/mol. The Morgan fingerprint density at radius 2 is 0.800 bits per heavy atom. The van der Waals surface area contributed by atoms with E-state index in [0.29, 0.717) is 0 Å². The zero-order chi connectivity index (χ0) is 17.8. The van der Waals surface area contributed by atoms with E-state index in [1.165, 1.54) is 0 Å². The summed E-state index contributed by atoms with van der Waals surface area (Å²) >= 11 is -3.38. The fraction of sp³-hybridized carbons (Fsp3) is 0.182. The van der Waals surface area contributed by atoms with E-state index in [1.54, 1.807) is 21.8 Å². The van der Waals surface area contributed by atoms with E-state index in [4.69, 9.17) is 0 Å². The summed E-state index contributed by atoms with van der Waals surface area (Å²) in [7, 11) is 0. The Bertz CT molecular complexity index is 774. The van der Waals surface area contributed by atoms with Gasteiger partial charge in [0.1, 0.15) is 0 Å². The molecule has 0 aromatic heterocycles. The van der Waals surface area contributed by atoms with E-state index >= 15 is 0 Å². The summed E-state index contributed by atoms with van der Waals surface area (Å²) in [6.45, 7) is 0. The van der Waals surface area contributed by atoms with Crippen LogP contribution in [0.15, 0.2) is 78.9 Å². The molecule has 128 valence electrons. The molecule has 25 heavy (non-hydrogen) atoms. The summed E-state index contributed by atoms with van der Waals surface area (Å²) < 4.78 is 8.21. The van der Waals surface area contributed by atoms with E-state index in [0.717, 1.165) is 0 Å². The SMILES string of the molecule is C[As](C)c1ccccc1[As](c1ccccc1)c1ccccc1[As](C)C. The summed E-state index contributed by atoms with van der Waals surface area (Å²) in [6.07, 6.45) is 0. The first-order chi connectivity index (χ1) is 12.1. The molecule has 3 heteroatoms. The van der Waals surface area contributed by atoms with E-state index in [2.05, 4.69) is 102 Å². The zero-order valence-electron chi connectivity index (χ0n) is 15.3. The quantitative estimate of drug-likeness (QED) is 0.458. The second kappa shape index (κ2) is 8.82. The molecule has 3 aromatic carbocycles. The molecule has 0 N–H and O–H groups in total. The minimum atomic E-state index is -1.52. The van der Waals surface area contributed by atoms with Crippen molar-refractivity contribution in [1.29, 1.82) is 0 Å². The normalized spacial score (nSPS) is 11.5. The summed E-state index contributed by atoms with van der Waals surface area (Å²) in [4.78, 5) is 0. The van der Waals surface area contributed by atoms with Crippen molar-refractivity contribution in [2.45, 2.75) is 22.8 Å². The van der Waals surface area contributed by atoms with Crippen molar-refractivity contribution >= 4 is 65.7 Å². The average Bonchev–Trinajstić information content (AvgIpc) is 2.63. The molecular formula is C22H25As3. The molecule has 0 bridgehead atoms. The summed E-state index contributed by atoms with van der Waals surface area (Å²) in [5, 5.41) is 0. The Hall–Kier alpha value is -0.665. The van der Waals surface area contributed by atoms with Crippen molar-refractivity contribution < 1.29 is 0 Å². The van der Waals surface area contributed by atoms with Crippen molar-refractivity contribution in [2.24, 2.45) is 0 Å². The Morgan fingerprint density at radius 1 is 0.440 bits per heavy atom. The van der Waals surface area contributed by atoms with Crippen LogP contribution in [0.25, 0.3) is 0 Å². The van der Waals surface area contributed by atoms with Crippen LogP contribution < -0.4 is 21.8 Å². The maximum atomic E-state index is 2.47. The molecule has 0 radical (unpaired) electrons. The van der Waals surface area contributed by atoms with Crippen LogP contribution in [0.1, 0.15) is 0 Å².